The van der Waals surface area contributed by atoms with Crippen LogP contribution >= 0.6 is 11.8 Å². The average Bonchev–Trinajstić information content (AvgIpc) is 2.60. The van der Waals surface area contributed by atoms with E-state index >= 15 is 0 Å². The van der Waals surface area contributed by atoms with Gasteiger partial charge in [0.2, 0.25) is 0 Å². The number of methoxy groups -OCH3 is 1. The lowest BCUT2D eigenvalue weighted by Crippen LogP contribution is -2.13. The standard InChI is InChI=1S/C20H22O3S/c1-14-12-17(23-3)9-10-18(14)19(21)13-24-20(22)15(2)11-16-7-5-4-6-8-16/h4-10,12,15H,11,13H2,1-3H3/t15-/m0/s1. The third-order valence-electron chi connectivity index (χ3n) is 3.87. The Hall–Kier alpha value is -2.07. The quantitative estimate of drug-likeness (QED) is 0.703. The molecule has 0 saturated heterocycles. The van der Waals surface area contributed by atoms with Gasteiger partial charge in [-0.2, -0.15) is 0 Å². The van der Waals surface area contributed by atoms with Crippen LogP contribution in [0.1, 0.15) is 28.4 Å². The Morgan fingerprint density at radius 2 is 1.83 bits per heavy atom. The predicted molar refractivity (Wildman–Crippen MR) is 98.8 cm³/mol. The van der Waals surface area contributed by atoms with E-state index in [0.29, 0.717) is 12.0 Å². The topological polar surface area (TPSA) is 43.4 Å². The SMILES string of the molecule is COc1ccc(C(=O)CSC(=O)[C@@H](C)Cc2ccccc2)c(C)c1. The zero-order valence-electron chi connectivity index (χ0n) is 14.2. The van der Waals surface area contributed by atoms with Crippen molar-refractivity contribution in [2.45, 2.75) is 20.3 Å². The highest BCUT2D eigenvalue weighted by atomic mass is 32.2. The summed E-state index contributed by atoms with van der Waals surface area (Å²) in [6.45, 7) is 3.78. The third kappa shape index (κ3) is 4.96. The Bertz CT molecular complexity index is 710. The van der Waals surface area contributed by atoms with E-state index in [0.717, 1.165) is 28.6 Å². The van der Waals surface area contributed by atoms with Gasteiger partial charge in [-0.3, -0.25) is 9.59 Å². The van der Waals surface area contributed by atoms with Crippen molar-refractivity contribution in [1.29, 1.82) is 0 Å². The van der Waals surface area contributed by atoms with E-state index in [1.165, 1.54) is 0 Å². The first-order valence-electron chi connectivity index (χ1n) is 7.89. The van der Waals surface area contributed by atoms with Gasteiger partial charge >= 0.3 is 0 Å². The lowest BCUT2D eigenvalue weighted by Gasteiger charge is -2.10. The minimum atomic E-state index is -0.109. The highest BCUT2D eigenvalue weighted by molar-refractivity contribution is 8.14. The molecule has 4 heteroatoms. The first-order chi connectivity index (χ1) is 11.5. The molecule has 0 N–H and O–H groups in total. The van der Waals surface area contributed by atoms with E-state index in [9.17, 15) is 9.59 Å². The highest BCUT2D eigenvalue weighted by Crippen LogP contribution is 2.21. The molecule has 2 aromatic rings. The van der Waals surface area contributed by atoms with Crippen molar-refractivity contribution in [2.75, 3.05) is 12.9 Å². The van der Waals surface area contributed by atoms with Crippen LogP contribution in [0, 0.1) is 12.8 Å². The van der Waals surface area contributed by atoms with Gasteiger partial charge < -0.3 is 4.74 Å². The third-order valence-corrected chi connectivity index (χ3v) is 4.96. The maximum atomic E-state index is 12.3. The number of Topliss-reactive ketones (excluding diaryl/α,β-unsaturated/α-hetero) is 1. The number of hydrogen-bond donors (Lipinski definition) is 0. The van der Waals surface area contributed by atoms with Gasteiger partial charge in [-0.15, -0.1) is 0 Å². The van der Waals surface area contributed by atoms with E-state index in [4.69, 9.17) is 4.74 Å². The smallest absolute Gasteiger partial charge is 0.192 e. The number of ether oxygens (including phenoxy) is 1. The highest BCUT2D eigenvalue weighted by Gasteiger charge is 2.17. The molecule has 2 rings (SSSR count). The van der Waals surface area contributed by atoms with Crippen LogP contribution in [0.3, 0.4) is 0 Å². The summed E-state index contributed by atoms with van der Waals surface area (Å²) in [5, 5.41) is 0.0540. The van der Waals surface area contributed by atoms with Crippen molar-refractivity contribution in [3.63, 3.8) is 0 Å². The second kappa shape index (κ2) is 8.69. The Balaban J connectivity index is 1.90. The second-order valence-electron chi connectivity index (χ2n) is 5.80. The number of aryl methyl sites for hydroxylation is 1. The van der Waals surface area contributed by atoms with Crippen LogP contribution in [-0.2, 0) is 11.2 Å². The molecule has 0 amide bonds. The van der Waals surface area contributed by atoms with E-state index in [2.05, 4.69) is 0 Å². The van der Waals surface area contributed by atoms with Gasteiger partial charge in [-0.05, 0) is 42.7 Å². The van der Waals surface area contributed by atoms with Gasteiger partial charge in [0.25, 0.3) is 0 Å². The van der Waals surface area contributed by atoms with Crippen molar-refractivity contribution < 1.29 is 14.3 Å². The average molecular weight is 342 g/mol. The van der Waals surface area contributed by atoms with Gasteiger partial charge in [-0.25, -0.2) is 0 Å². The van der Waals surface area contributed by atoms with Gasteiger partial charge in [0.05, 0.1) is 12.9 Å². The Labute approximate surface area is 147 Å². The lowest BCUT2D eigenvalue weighted by molar-refractivity contribution is -0.113. The summed E-state index contributed by atoms with van der Waals surface area (Å²) in [4.78, 5) is 24.6. The number of ketones is 1. The molecule has 3 nitrogen and oxygen atoms in total. The minimum absolute atomic E-state index is 0.0274. The molecule has 0 unspecified atom stereocenters. The molecule has 126 valence electrons. The Kier molecular flexibility index (Phi) is 6.62. The normalized spacial score (nSPS) is 11.8. The van der Waals surface area contributed by atoms with Crippen LogP contribution in [0.5, 0.6) is 5.75 Å². The molecule has 0 aliphatic heterocycles. The summed E-state index contributed by atoms with van der Waals surface area (Å²) in [5.74, 6) is 0.761. The van der Waals surface area contributed by atoms with Gasteiger partial charge in [0.15, 0.2) is 10.9 Å². The predicted octanol–water partition coefficient (Wildman–Crippen LogP) is 4.32. The zero-order chi connectivity index (χ0) is 17.5. The van der Waals surface area contributed by atoms with Crippen LogP contribution in [-0.4, -0.2) is 23.8 Å². The Morgan fingerprint density at radius 1 is 1.12 bits per heavy atom. The van der Waals surface area contributed by atoms with E-state index in [1.807, 2.05) is 50.2 Å². The van der Waals surface area contributed by atoms with Crippen LogP contribution in [0.25, 0.3) is 0 Å². The molecule has 0 spiro atoms. The first kappa shape index (κ1) is 18.3. The molecule has 2 aromatic carbocycles. The maximum absolute atomic E-state index is 12.3. The van der Waals surface area contributed by atoms with E-state index in [-0.39, 0.29) is 22.6 Å². The Morgan fingerprint density at radius 3 is 2.46 bits per heavy atom. The zero-order valence-corrected chi connectivity index (χ0v) is 15.1. The summed E-state index contributed by atoms with van der Waals surface area (Å²) < 4.78 is 5.15. The fourth-order valence-electron chi connectivity index (χ4n) is 2.48. The van der Waals surface area contributed by atoms with Crippen molar-refractivity contribution >= 4 is 22.7 Å². The summed E-state index contributed by atoms with van der Waals surface area (Å²) in [5.41, 5.74) is 2.65. The fraction of sp³-hybridized carbons (Fsp3) is 0.300. The number of carbonyl (C=O) groups excluding carboxylic acids is 2. The molecule has 0 aliphatic rings. The second-order valence-corrected chi connectivity index (χ2v) is 6.78. The molecule has 0 fully saturated rings. The van der Waals surface area contributed by atoms with E-state index < -0.39 is 0 Å². The number of carbonyl (C=O) groups is 2. The molecule has 0 aliphatic carbocycles. The minimum Gasteiger partial charge on any atom is -0.497 e. The summed E-state index contributed by atoms with van der Waals surface area (Å²) >= 11 is 1.11. The van der Waals surface area contributed by atoms with Crippen molar-refractivity contribution in [3.8, 4) is 5.75 Å². The first-order valence-corrected chi connectivity index (χ1v) is 8.88. The van der Waals surface area contributed by atoms with Crippen LogP contribution < -0.4 is 4.74 Å². The summed E-state index contributed by atoms with van der Waals surface area (Å²) in [6, 6.07) is 15.3. The van der Waals surface area contributed by atoms with Crippen molar-refractivity contribution in [1.82, 2.24) is 0 Å². The van der Waals surface area contributed by atoms with Crippen LogP contribution in [0.15, 0.2) is 48.5 Å². The summed E-state index contributed by atoms with van der Waals surface area (Å²) in [6.07, 6.45) is 0.697. The van der Waals surface area contributed by atoms with Gasteiger partial charge in [-0.1, -0.05) is 49.0 Å². The van der Waals surface area contributed by atoms with Crippen molar-refractivity contribution in [3.05, 3.63) is 65.2 Å². The number of thioether (sulfide) groups is 1. The molecule has 24 heavy (non-hydrogen) atoms. The maximum Gasteiger partial charge on any atom is 0.192 e. The monoisotopic (exact) mass is 342 g/mol. The molecular formula is C20H22O3S. The van der Waals surface area contributed by atoms with Crippen LogP contribution in [0.2, 0.25) is 0 Å². The summed E-state index contributed by atoms with van der Waals surface area (Å²) in [7, 11) is 1.60. The molecule has 0 heterocycles. The molecule has 0 aromatic heterocycles. The molecule has 0 bridgehead atoms. The largest absolute Gasteiger partial charge is 0.497 e. The molecule has 0 radical (unpaired) electrons. The molecular weight excluding hydrogens is 320 g/mol. The number of hydrogen-bond acceptors (Lipinski definition) is 4. The molecule has 1 atom stereocenters. The number of rotatable bonds is 7. The number of benzene rings is 2. The van der Waals surface area contributed by atoms with Crippen molar-refractivity contribution in [2.24, 2.45) is 5.92 Å². The van der Waals surface area contributed by atoms with Gasteiger partial charge in [0.1, 0.15) is 5.75 Å². The van der Waals surface area contributed by atoms with Gasteiger partial charge in [0, 0.05) is 11.5 Å². The fourth-order valence-corrected chi connectivity index (χ4v) is 3.28. The lowest BCUT2D eigenvalue weighted by atomic mass is 10.0. The molecule has 0 saturated carbocycles. The van der Waals surface area contributed by atoms with Crippen LogP contribution in [0.4, 0.5) is 0 Å². The van der Waals surface area contributed by atoms with E-state index in [1.54, 1.807) is 19.2 Å².